The Morgan fingerprint density at radius 1 is 1.28 bits per heavy atom. The maximum atomic E-state index is 14.3. The van der Waals surface area contributed by atoms with Crippen LogP contribution in [0.5, 0.6) is 5.75 Å². The van der Waals surface area contributed by atoms with Crippen LogP contribution in [-0.2, 0) is 10.9 Å². The van der Waals surface area contributed by atoms with E-state index < -0.39 is 23.5 Å². The second-order valence-corrected chi connectivity index (χ2v) is 11.0. The highest BCUT2D eigenvalue weighted by atomic mass is 35.5. The number of hydrogen-bond acceptors (Lipinski definition) is 7. The summed E-state index contributed by atoms with van der Waals surface area (Å²) in [6.07, 6.45) is -1.72. The molecule has 0 bridgehead atoms. The van der Waals surface area contributed by atoms with Crippen LogP contribution < -0.4 is 26.4 Å². The number of nitrogen functional groups attached to an aromatic ring is 1. The van der Waals surface area contributed by atoms with Crippen molar-refractivity contribution < 1.29 is 27.0 Å². The average Bonchev–Trinajstić information content (AvgIpc) is 3.33. The summed E-state index contributed by atoms with van der Waals surface area (Å²) in [6.45, 7) is 2.97. The molecule has 3 N–H and O–H groups in total. The van der Waals surface area contributed by atoms with Gasteiger partial charge in [0.25, 0.3) is 0 Å². The fourth-order valence-corrected chi connectivity index (χ4v) is 6.65. The lowest BCUT2D eigenvalue weighted by Crippen LogP contribution is -2.43. The Kier molecular flexibility index (Phi) is 6.14. The zero-order valence-corrected chi connectivity index (χ0v) is 22.2. The molecule has 2 atom stereocenters. The average molecular weight is 566 g/mol. The van der Waals surface area contributed by atoms with E-state index in [2.05, 4.69) is 15.2 Å². The number of nitrogens with two attached hydrogens (primary N) is 1. The van der Waals surface area contributed by atoms with Gasteiger partial charge in [0.15, 0.2) is 0 Å². The van der Waals surface area contributed by atoms with Crippen LogP contribution in [0.3, 0.4) is 0 Å². The van der Waals surface area contributed by atoms with E-state index in [4.69, 9.17) is 26.8 Å². The Hall–Kier alpha value is -3.18. The molecule has 0 spiro atoms. The van der Waals surface area contributed by atoms with Crippen LogP contribution in [0.2, 0.25) is 5.02 Å². The first-order valence-electron chi connectivity index (χ1n) is 12.7. The third-order valence-electron chi connectivity index (χ3n) is 7.96. The quantitative estimate of drug-likeness (QED) is 0.433. The van der Waals surface area contributed by atoms with Crippen molar-refractivity contribution in [2.24, 2.45) is 4.99 Å². The van der Waals surface area contributed by atoms with Crippen LogP contribution in [0.4, 0.5) is 23.2 Å². The first kappa shape index (κ1) is 26.1. The number of anilines is 1. The monoisotopic (exact) mass is 565 g/mol. The Morgan fingerprint density at radius 3 is 2.85 bits per heavy atom. The van der Waals surface area contributed by atoms with Crippen molar-refractivity contribution in [1.29, 1.82) is 0 Å². The smallest absolute Gasteiger partial charge is 0.417 e. The molecule has 4 aliphatic heterocycles. The Labute approximate surface area is 227 Å². The zero-order valence-electron chi connectivity index (χ0n) is 21.5. The van der Waals surface area contributed by atoms with Crippen LogP contribution in [0.1, 0.15) is 30.4 Å². The molecule has 2 saturated heterocycles. The van der Waals surface area contributed by atoms with Gasteiger partial charge in [-0.25, -0.2) is 4.39 Å². The van der Waals surface area contributed by atoms with Crippen molar-refractivity contribution in [3.8, 4) is 16.9 Å². The Morgan fingerprint density at radius 2 is 2.08 bits per heavy atom. The highest BCUT2D eigenvalue weighted by Gasteiger charge is 2.49. The van der Waals surface area contributed by atoms with E-state index in [1.807, 2.05) is 0 Å². The number of benzene rings is 2. The van der Waals surface area contributed by atoms with E-state index in [1.165, 1.54) is 25.1 Å². The number of hydrogen-bond donors (Lipinski definition) is 2. The molecule has 2 aromatic rings. The SMILES string of the molecule is Cc1cc(N)cc(-c2cc3c4c(c2Cl)=NCNC=4N(C)C=C(OC[C@@]24CCCN2C[C@H](F)C4)O3)c1C(F)(F)F. The third kappa shape index (κ3) is 4.35. The summed E-state index contributed by atoms with van der Waals surface area (Å²) in [6, 6.07) is 4.01. The summed E-state index contributed by atoms with van der Waals surface area (Å²) >= 11 is 6.76. The standard InChI is InChI=1S/C27H28ClF4N5O2/c1-14-6-16(33)7-17(22(14)27(30,31)32)18-8-19-21-24(23(18)28)34-13-35-25(21)36(2)11-20(39-19)38-12-26-4-3-5-37(26)10-15(29)9-26/h6-8,11,15,35H,3-5,9-10,12-13,33H2,1-2H3/t15-,26+/m1/s1. The number of nitrogens with zero attached hydrogens (tertiary/aromatic N) is 3. The normalized spacial score (nSPS) is 24.3. The Bertz CT molecular complexity index is 1510. The van der Waals surface area contributed by atoms with Gasteiger partial charge in [-0.05, 0) is 55.6 Å². The molecule has 208 valence electrons. The van der Waals surface area contributed by atoms with Gasteiger partial charge < -0.3 is 25.4 Å². The molecule has 4 heterocycles. The molecule has 2 fully saturated rings. The molecule has 0 aliphatic carbocycles. The molecule has 2 aromatic carbocycles. The lowest BCUT2D eigenvalue weighted by atomic mass is 9.93. The van der Waals surface area contributed by atoms with Gasteiger partial charge in [0.05, 0.1) is 32.9 Å². The lowest BCUT2D eigenvalue weighted by molar-refractivity contribution is -0.137. The summed E-state index contributed by atoms with van der Waals surface area (Å²) in [5.74, 6) is 0.988. The highest BCUT2D eigenvalue weighted by Crippen LogP contribution is 2.43. The molecule has 4 aliphatic rings. The van der Waals surface area contributed by atoms with Crippen molar-refractivity contribution in [3.05, 3.63) is 57.1 Å². The number of fused-ring (bicyclic) bond motifs is 1. The van der Waals surface area contributed by atoms with Gasteiger partial charge in [-0.15, -0.1) is 0 Å². The van der Waals surface area contributed by atoms with Gasteiger partial charge in [0.1, 0.15) is 31.0 Å². The van der Waals surface area contributed by atoms with Crippen LogP contribution in [-0.4, -0.2) is 54.9 Å². The summed E-state index contributed by atoms with van der Waals surface area (Å²) in [4.78, 5) is 8.37. The fourth-order valence-electron chi connectivity index (χ4n) is 6.34. The molecule has 0 unspecified atom stereocenters. The molecule has 0 aromatic heterocycles. The fraction of sp³-hybridized carbons (Fsp3) is 0.444. The van der Waals surface area contributed by atoms with E-state index in [0.717, 1.165) is 19.4 Å². The summed E-state index contributed by atoms with van der Waals surface area (Å²) in [7, 11) is 1.79. The van der Waals surface area contributed by atoms with E-state index in [-0.39, 0.29) is 52.4 Å². The number of ether oxygens (including phenoxy) is 2. The molecule has 6 rings (SSSR count). The molecule has 0 radical (unpaired) electrons. The summed E-state index contributed by atoms with van der Waals surface area (Å²) in [5.41, 5.74) is 4.83. The number of nitrogens with one attached hydrogen (secondary N) is 1. The van der Waals surface area contributed by atoms with Gasteiger partial charge >= 0.3 is 12.1 Å². The topological polar surface area (TPSA) is 75.3 Å². The van der Waals surface area contributed by atoms with Crippen LogP contribution in [0.15, 0.2) is 35.3 Å². The van der Waals surface area contributed by atoms with Crippen molar-refractivity contribution in [2.45, 2.75) is 44.1 Å². The van der Waals surface area contributed by atoms with Gasteiger partial charge in [-0.2, -0.15) is 13.2 Å². The van der Waals surface area contributed by atoms with Crippen molar-refractivity contribution in [2.75, 3.05) is 39.1 Å². The number of rotatable bonds is 4. The molecular weight excluding hydrogens is 538 g/mol. The summed E-state index contributed by atoms with van der Waals surface area (Å²) < 4.78 is 69.2. The van der Waals surface area contributed by atoms with E-state index in [0.29, 0.717) is 29.4 Å². The molecular formula is C27H28ClF4N5O2. The molecule has 12 heteroatoms. The maximum Gasteiger partial charge on any atom is 0.417 e. The van der Waals surface area contributed by atoms with Gasteiger partial charge in [0, 0.05) is 31.3 Å². The van der Waals surface area contributed by atoms with E-state index in [9.17, 15) is 17.6 Å². The maximum absolute atomic E-state index is 14.3. The minimum absolute atomic E-state index is 0.0179. The first-order chi connectivity index (χ1) is 18.5. The first-order valence-corrected chi connectivity index (χ1v) is 13.1. The predicted molar refractivity (Wildman–Crippen MR) is 139 cm³/mol. The van der Waals surface area contributed by atoms with E-state index >= 15 is 0 Å². The minimum Gasteiger partial charge on any atom is -0.462 e. The third-order valence-corrected chi connectivity index (χ3v) is 8.34. The minimum atomic E-state index is -4.65. The molecule has 0 saturated carbocycles. The van der Waals surface area contributed by atoms with E-state index in [1.54, 1.807) is 18.1 Å². The number of alkyl halides is 4. The predicted octanol–water partition coefficient (Wildman–Crippen LogP) is 3.88. The second-order valence-electron chi connectivity index (χ2n) is 10.6. The molecule has 0 amide bonds. The lowest BCUT2D eigenvalue weighted by Gasteiger charge is -2.31. The van der Waals surface area contributed by atoms with Gasteiger partial charge in [-0.1, -0.05) is 11.6 Å². The van der Waals surface area contributed by atoms with Crippen molar-refractivity contribution >= 4 is 23.1 Å². The number of aryl methyl sites for hydroxylation is 1. The Balaban J connectivity index is 1.45. The second kappa shape index (κ2) is 9.19. The van der Waals surface area contributed by atoms with Crippen LogP contribution in [0, 0.1) is 6.92 Å². The molecule has 7 nitrogen and oxygen atoms in total. The largest absolute Gasteiger partial charge is 0.462 e. The highest BCUT2D eigenvalue weighted by molar-refractivity contribution is 6.33. The summed E-state index contributed by atoms with van der Waals surface area (Å²) in [5, 5.41) is 4.06. The number of halogens is 5. The van der Waals surface area contributed by atoms with Crippen molar-refractivity contribution in [1.82, 2.24) is 15.1 Å². The van der Waals surface area contributed by atoms with Crippen molar-refractivity contribution in [3.63, 3.8) is 0 Å². The molecule has 39 heavy (non-hydrogen) atoms. The zero-order chi connectivity index (χ0) is 27.7. The van der Waals surface area contributed by atoms with Gasteiger partial charge in [-0.3, -0.25) is 9.89 Å². The van der Waals surface area contributed by atoms with Crippen LogP contribution in [0.25, 0.3) is 16.9 Å². The van der Waals surface area contributed by atoms with Crippen LogP contribution >= 0.6 is 11.6 Å². The van der Waals surface area contributed by atoms with Gasteiger partial charge in [0.2, 0.25) is 0 Å².